The number of rotatable bonds is 8. The molecule has 5 aliphatic rings. The molecule has 1 saturated heterocycles. The van der Waals surface area contributed by atoms with Gasteiger partial charge in [0.15, 0.2) is 6.29 Å². The normalized spacial score (nSPS) is 49.7. The molecule has 40 heavy (non-hydrogen) atoms. The predicted octanol–water partition coefficient (Wildman–Crippen LogP) is 4.18. The van der Waals surface area contributed by atoms with Crippen molar-refractivity contribution in [3.63, 3.8) is 0 Å². The molecular weight excluding hydrogens is 508 g/mol. The zero-order chi connectivity index (χ0) is 29.0. The van der Waals surface area contributed by atoms with E-state index < -0.39 is 43.4 Å². The van der Waals surface area contributed by atoms with E-state index in [1.165, 1.54) is 44.1 Å². The van der Waals surface area contributed by atoms with Gasteiger partial charge in [-0.25, -0.2) is 0 Å². The van der Waals surface area contributed by atoms with Crippen LogP contribution in [0.2, 0.25) is 0 Å². The number of ether oxygens (including phenoxy) is 2. The molecular formula is C33H56O7. The molecule has 0 spiro atoms. The Morgan fingerprint density at radius 2 is 1.68 bits per heavy atom. The Hall–Kier alpha value is -0.540. The zero-order valence-electron chi connectivity index (χ0n) is 25.4. The number of fused-ring (bicyclic) bond motifs is 5. The molecule has 0 aromatic heterocycles. The van der Waals surface area contributed by atoms with Crippen molar-refractivity contribution >= 4 is 0 Å². The van der Waals surface area contributed by atoms with Crippen molar-refractivity contribution < 1.29 is 35.0 Å². The fourth-order valence-corrected chi connectivity index (χ4v) is 10.1. The highest BCUT2D eigenvalue weighted by Gasteiger charge is 2.61. The van der Waals surface area contributed by atoms with Crippen LogP contribution in [0.1, 0.15) is 98.8 Å². The molecule has 0 amide bonds. The van der Waals surface area contributed by atoms with E-state index in [0.717, 1.165) is 37.0 Å². The van der Waals surface area contributed by atoms with Crippen molar-refractivity contribution in [2.75, 3.05) is 6.61 Å². The summed E-state index contributed by atoms with van der Waals surface area (Å²) in [5.74, 6) is 3.59. The fraction of sp³-hybridized carbons (Fsp3) is 0.939. The maximum absolute atomic E-state index is 11.7. The first-order valence-corrected chi connectivity index (χ1v) is 16.3. The molecule has 5 N–H and O–H groups in total. The summed E-state index contributed by atoms with van der Waals surface area (Å²) in [7, 11) is 0. The summed E-state index contributed by atoms with van der Waals surface area (Å²) in [6.45, 7) is 11.6. The molecule has 0 aromatic rings. The van der Waals surface area contributed by atoms with E-state index in [4.69, 9.17) is 9.47 Å². The van der Waals surface area contributed by atoms with Gasteiger partial charge in [-0.2, -0.15) is 0 Å². The first-order chi connectivity index (χ1) is 18.9. The Morgan fingerprint density at radius 1 is 0.925 bits per heavy atom. The third-order valence-electron chi connectivity index (χ3n) is 12.5. The quantitative estimate of drug-likeness (QED) is 0.281. The van der Waals surface area contributed by atoms with E-state index in [1.54, 1.807) is 0 Å². The van der Waals surface area contributed by atoms with Crippen LogP contribution in [-0.4, -0.2) is 75.1 Å². The van der Waals surface area contributed by atoms with Crippen molar-refractivity contribution in [1.29, 1.82) is 0 Å². The third-order valence-corrected chi connectivity index (χ3v) is 12.5. The summed E-state index contributed by atoms with van der Waals surface area (Å²) in [5, 5.41) is 52.0. The predicted molar refractivity (Wildman–Crippen MR) is 153 cm³/mol. The van der Waals surface area contributed by atoms with Crippen LogP contribution >= 0.6 is 0 Å². The van der Waals surface area contributed by atoms with Gasteiger partial charge in [-0.05, 0) is 91.3 Å². The van der Waals surface area contributed by atoms with Crippen LogP contribution in [0.4, 0.5) is 0 Å². The minimum atomic E-state index is -1.44. The van der Waals surface area contributed by atoms with Crippen LogP contribution in [0.15, 0.2) is 11.6 Å². The summed E-state index contributed by atoms with van der Waals surface area (Å²) in [6, 6.07) is 0. The lowest BCUT2D eigenvalue weighted by molar-refractivity contribution is -0.313. The van der Waals surface area contributed by atoms with Crippen LogP contribution in [0.5, 0.6) is 0 Å². The van der Waals surface area contributed by atoms with E-state index in [1.807, 2.05) is 0 Å². The van der Waals surface area contributed by atoms with Crippen LogP contribution in [0.25, 0.3) is 0 Å². The van der Waals surface area contributed by atoms with Crippen molar-refractivity contribution in [3.05, 3.63) is 11.6 Å². The fourth-order valence-electron chi connectivity index (χ4n) is 10.1. The molecule has 0 bridgehead atoms. The first kappa shape index (κ1) is 30.9. The topological polar surface area (TPSA) is 120 Å². The van der Waals surface area contributed by atoms with Gasteiger partial charge in [-0.1, -0.05) is 65.5 Å². The summed E-state index contributed by atoms with van der Waals surface area (Å²) in [4.78, 5) is 0. The third kappa shape index (κ3) is 5.35. The molecule has 7 nitrogen and oxygen atoms in total. The van der Waals surface area contributed by atoms with E-state index in [2.05, 4.69) is 40.7 Å². The molecule has 0 aromatic carbocycles. The molecule has 14 atom stereocenters. The van der Waals surface area contributed by atoms with Gasteiger partial charge in [0, 0.05) is 0 Å². The molecule has 3 saturated carbocycles. The Morgan fingerprint density at radius 3 is 2.38 bits per heavy atom. The molecule has 4 aliphatic carbocycles. The number of aliphatic hydroxyl groups is 5. The minimum Gasteiger partial charge on any atom is -0.394 e. The molecule has 4 unspecified atom stereocenters. The molecule has 1 aliphatic heterocycles. The lowest BCUT2D eigenvalue weighted by atomic mass is 9.46. The second kappa shape index (κ2) is 11.9. The second-order valence-electron chi connectivity index (χ2n) is 15.1. The Labute approximate surface area is 241 Å². The van der Waals surface area contributed by atoms with Crippen molar-refractivity contribution in [2.45, 2.75) is 142 Å². The molecule has 7 heteroatoms. The molecule has 230 valence electrons. The van der Waals surface area contributed by atoms with Gasteiger partial charge < -0.3 is 35.0 Å². The van der Waals surface area contributed by atoms with Crippen LogP contribution in [0.3, 0.4) is 0 Å². The lowest BCUT2D eigenvalue weighted by Crippen LogP contribution is -2.60. The average Bonchev–Trinajstić information content (AvgIpc) is 3.26. The van der Waals surface area contributed by atoms with Crippen molar-refractivity contribution in [1.82, 2.24) is 0 Å². The van der Waals surface area contributed by atoms with Gasteiger partial charge in [0.1, 0.15) is 24.4 Å². The second-order valence-corrected chi connectivity index (χ2v) is 15.1. The van der Waals surface area contributed by atoms with Crippen LogP contribution in [0, 0.1) is 46.3 Å². The molecule has 1 heterocycles. The largest absolute Gasteiger partial charge is 0.394 e. The van der Waals surface area contributed by atoms with E-state index in [-0.39, 0.29) is 11.5 Å². The van der Waals surface area contributed by atoms with Gasteiger partial charge in [-0.15, -0.1) is 0 Å². The summed E-state index contributed by atoms with van der Waals surface area (Å²) >= 11 is 0. The maximum Gasteiger partial charge on any atom is 0.186 e. The van der Waals surface area contributed by atoms with Gasteiger partial charge in [0.2, 0.25) is 0 Å². The molecule has 4 fully saturated rings. The number of hydrogen-bond acceptors (Lipinski definition) is 7. The Kier molecular flexibility index (Phi) is 9.16. The number of hydrogen-bond donors (Lipinski definition) is 5. The standard InChI is InChI=1S/C33H56O7/c1-18(2)7-6-8-19(3)22-9-10-23-27-24(12-14-33(22,23)5)32(4)13-11-21(15-20(32)16-25(27)35)39-31-30(38)29(37)28(36)26(17-34)40-31/h16,18-19,21-31,34-38H,6-15,17H2,1-5H3/t19-,21?,22-,23?,24?,25-,26-,27?,28+,29+,30-,31+,32+,33-/m1/s1. The highest BCUT2D eigenvalue weighted by atomic mass is 16.7. The average molecular weight is 565 g/mol. The van der Waals surface area contributed by atoms with Gasteiger partial charge >= 0.3 is 0 Å². The van der Waals surface area contributed by atoms with E-state index >= 15 is 0 Å². The first-order valence-electron chi connectivity index (χ1n) is 16.3. The van der Waals surface area contributed by atoms with Crippen molar-refractivity contribution in [2.24, 2.45) is 46.3 Å². The Balaban J connectivity index is 1.28. The summed E-state index contributed by atoms with van der Waals surface area (Å²) < 4.78 is 11.8. The zero-order valence-corrected chi connectivity index (χ0v) is 25.4. The van der Waals surface area contributed by atoms with Crippen LogP contribution < -0.4 is 0 Å². The monoisotopic (exact) mass is 564 g/mol. The highest BCUT2D eigenvalue weighted by molar-refractivity contribution is 5.28. The SMILES string of the molecule is CC(C)CCC[C@@H](C)[C@H]1CCC2C3C(CC[C@@]21C)[C@@]1(C)CCC(O[C@H]2O[C@H](CO)[C@H](O)[C@H](O)[C@H]2O)CC1=C[C@H]3O. The van der Waals surface area contributed by atoms with Crippen LogP contribution in [-0.2, 0) is 9.47 Å². The molecule has 5 rings (SSSR count). The highest BCUT2D eigenvalue weighted by Crippen LogP contribution is 2.67. The van der Waals surface area contributed by atoms with E-state index in [0.29, 0.717) is 29.6 Å². The van der Waals surface area contributed by atoms with Gasteiger partial charge in [0.25, 0.3) is 0 Å². The minimum absolute atomic E-state index is 0.0292. The smallest absolute Gasteiger partial charge is 0.186 e. The molecule has 0 radical (unpaired) electrons. The van der Waals surface area contributed by atoms with E-state index in [9.17, 15) is 25.5 Å². The van der Waals surface area contributed by atoms with Gasteiger partial charge in [0.05, 0.1) is 18.8 Å². The summed E-state index contributed by atoms with van der Waals surface area (Å²) in [6.07, 6.45) is 6.47. The number of aliphatic hydroxyl groups excluding tert-OH is 5. The summed E-state index contributed by atoms with van der Waals surface area (Å²) in [5.41, 5.74) is 1.59. The van der Waals surface area contributed by atoms with Crippen molar-refractivity contribution in [3.8, 4) is 0 Å². The Bertz CT molecular complexity index is 905. The van der Waals surface area contributed by atoms with Gasteiger partial charge in [-0.3, -0.25) is 0 Å². The lowest BCUT2D eigenvalue weighted by Gasteiger charge is -2.59. The maximum atomic E-state index is 11.7.